The highest BCUT2D eigenvalue weighted by Gasteiger charge is 2.38. The van der Waals surface area contributed by atoms with Crippen molar-refractivity contribution in [2.75, 3.05) is 32.7 Å². The normalized spacial score (nSPS) is 22.1. The van der Waals surface area contributed by atoms with Crippen molar-refractivity contribution in [1.82, 2.24) is 15.1 Å². The molecule has 0 spiro atoms. The van der Waals surface area contributed by atoms with Gasteiger partial charge in [0.25, 0.3) is 5.91 Å². The molecule has 6 heteroatoms. The van der Waals surface area contributed by atoms with Crippen molar-refractivity contribution in [2.45, 2.75) is 26.7 Å². The number of hydrogen-bond acceptors (Lipinski definition) is 3. The lowest BCUT2D eigenvalue weighted by Crippen LogP contribution is -2.51. The maximum Gasteiger partial charge on any atom is 0.253 e. The lowest BCUT2D eigenvalue weighted by atomic mass is 10.1. The van der Waals surface area contributed by atoms with Crippen LogP contribution in [0, 0.1) is 18.8 Å². The molecule has 1 saturated heterocycles. The number of benzene rings is 1. The lowest BCUT2D eigenvalue weighted by molar-refractivity contribution is -0.132. The highest BCUT2D eigenvalue weighted by Crippen LogP contribution is 2.37. The largest absolute Gasteiger partial charge is 0.355 e. The van der Waals surface area contributed by atoms with Crippen molar-refractivity contribution in [2.24, 2.45) is 11.8 Å². The minimum atomic E-state index is 0.0166. The maximum atomic E-state index is 12.5. The zero-order chi connectivity index (χ0) is 18.7. The topological polar surface area (TPSA) is 69.7 Å². The van der Waals surface area contributed by atoms with Crippen molar-refractivity contribution >= 4 is 17.7 Å². The van der Waals surface area contributed by atoms with Gasteiger partial charge in [-0.25, -0.2) is 0 Å². The molecule has 140 valence electrons. The van der Waals surface area contributed by atoms with E-state index in [-0.39, 0.29) is 23.6 Å². The fourth-order valence-electron chi connectivity index (χ4n) is 3.31. The molecular weight excluding hydrogens is 330 g/mol. The van der Waals surface area contributed by atoms with Crippen molar-refractivity contribution in [3.8, 4) is 0 Å². The van der Waals surface area contributed by atoms with Gasteiger partial charge >= 0.3 is 0 Å². The fourth-order valence-corrected chi connectivity index (χ4v) is 3.31. The van der Waals surface area contributed by atoms with Crippen molar-refractivity contribution in [3.05, 3.63) is 35.4 Å². The van der Waals surface area contributed by atoms with E-state index in [1.165, 1.54) is 0 Å². The molecule has 0 radical (unpaired) electrons. The zero-order valence-corrected chi connectivity index (χ0v) is 15.5. The lowest BCUT2D eigenvalue weighted by Gasteiger charge is -2.35. The van der Waals surface area contributed by atoms with Gasteiger partial charge in [-0.1, -0.05) is 24.6 Å². The zero-order valence-electron chi connectivity index (χ0n) is 15.5. The number of carbonyl (C=O) groups excluding carboxylic acids is 3. The third-order valence-electron chi connectivity index (χ3n) is 5.30. The van der Waals surface area contributed by atoms with Gasteiger partial charge in [0, 0.05) is 50.6 Å². The molecule has 1 aromatic rings. The highest BCUT2D eigenvalue weighted by atomic mass is 16.2. The predicted molar refractivity (Wildman–Crippen MR) is 98.6 cm³/mol. The second-order valence-corrected chi connectivity index (χ2v) is 7.40. The van der Waals surface area contributed by atoms with E-state index < -0.39 is 0 Å². The van der Waals surface area contributed by atoms with Gasteiger partial charge in [0.05, 0.1) is 0 Å². The van der Waals surface area contributed by atoms with E-state index in [0.29, 0.717) is 50.6 Å². The van der Waals surface area contributed by atoms with Gasteiger partial charge in [0.1, 0.15) is 0 Å². The minimum absolute atomic E-state index is 0.0166. The number of rotatable bonds is 5. The quantitative estimate of drug-likeness (QED) is 0.867. The van der Waals surface area contributed by atoms with E-state index in [1.54, 1.807) is 9.80 Å². The van der Waals surface area contributed by atoms with Gasteiger partial charge in [0.2, 0.25) is 11.8 Å². The van der Waals surface area contributed by atoms with Crippen LogP contribution in [0.4, 0.5) is 0 Å². The van der Waals surface area contributed by atoms with Crippen LogP contribution in [-0.4, -0.2) is 60.2 Å². The first-order valence-corrected chi connectivity index (χ1v) is 9.37. The van der Waals surface area contributed by atoms with Crippen LogP contribution < -0.4 is 5.32 Å². The fraction of sp³-hybridized carbons (Fsp3) is 0.550. The number of hydrogen-bond donors (Lipinski definition) is 1. The molecule has 1 aliphatic carbocycles. The Morgan fingerprint density at radius 3 is 2.19 bits per heavy atom. The van der Waals surface area contributed by atoms with E-state index in [4.69, 9.17) is 0 Å². The van der Waals surface area contributed by atoms with Crippen molar-refractivity contribution in [1.29, 1.82) is 0 Å². The van der Waals surface area contributed by atoms with E-state index in [0.717, 1.165) is 12.0 Å². The monoisotopic (exact) mass is 357 g/mol. The standard InChI is InChI=1S/C20H27N3O3/c1-14-3-5-16(6-4-14)20(26)23-11-9-22(10-12-23)18(24)7-8-21-19(25)17-13-15(17)2/h3-6,15,17H,7-13H2,1-2H3,(H,21,25). The third-order valence-corrected chi connectivity index (χ3v) is 5.30. The Labute approximate surface area is 154 Å². The van der Waals surface area contributed by atoms with Crippen LogP contribution in [-0.2, 0) is 9.59 Å². The van der Waals surface area contributed by atoms with E-state index >= 15 is 0 Å². The molecule has 6 nitrogen and oxygen atoms in total. The molecule has 0 aromatic heterocycles. The Kier molecular flexibility index (Phi) is 5.59. The van der Waals surface area contributed by atoms with Crippen LogP contribution in [0.2, 0.25) is 0 Å². The van der Waals surface area contributed by atoms with Gasteiger partial charge in [-0.05, 0) is 31.4 Å². The van der Waals surface area contributed by atoms with Crippen LogP contribution in [0.1, 0.15) is 35.7 Å². The molecule has 1 aliphatic heterocycles. The first kappa shape index (κ1) is 18.4. The molecule has 3 amide bonds. The summed E-state index contributed by atoms with van der Waals surface area (Å²) in [5, 5.41) is 2.85. The molecule has 1 heterocycles. The first-order valence-electron chi connectivity index (χ1n) is 9.37. The first-order chi connectivity index (χ1) is 12.5. The van der Waals surface area contributed by atoms with Crippen molar-refractivity contribution < 1.29 is 14.4 Å². The number of amides is 3. The summed E-state index contributed by atoms with van der Waals surface area (Å²) in [6.07, 6.45) is 1.27. The number of carbonyl (C=O) groups is 3. The Balaban J connectivity index is 1.40. The molecule has 0 bridgehead atoms. The van der Waals surface area contributed by atoms with Gasteiger partial charge in [-0.2, -0.15) is 0 Å². The molecule has 2 fully saturated rings. The van der Waals surface area contributed by atoms with Gasteiger partial charge in [-0.3, -0.25) is 14.4 Å². The van der Waals surface area contributed by atoms with E-state index in [1.807, 2.05) is 31.2 Å². The van der Waals surface area contributed by atoms with Gasteiger partial charge in [-0.15, -0.1) is 0 Å². The third kappa shape index (κ3) is 4.42. The molecule has 2 atom stereocenters. The van der Waals surface area contributed by atoms with Crippen LogP contribution >= 0.6 is 0 Å². The molecule has 2 unspecified atom stereocenters. The summed E-state index contributed by atoms with van der Waals surface area (Å²) in [7, 11) is 0. The van der Waals surface area contributed by atoms with Crippen LogP contribution in [0.3, 0.4) is 0 Å². The highest BCUT2D eigenvalue weighted by molar-refractivity contribution is 5.94. The van der Waals surface area contributed by atoms with E-state index in [9.17, 15) is 14.4 Å². The predicted octanol–water partition coefficient (Wildman–Crippen LogP) is 1.44. The molecule has 3 rings (SSSR count). The molecule has 26 heavy (non-hydrogen) atoms. The maximum absolute atomic E-state index is 12.5. The summed E-state index contributed by atoms with van der Waals surface area (Å²) in [6.45, 7) is 6.63. The second kappa shape index (κ2) is 7.89. The smallest absolute Gasteiger partial charge is 0.253 e. The number of nitrogens with zero attached hydrogens (tertiary/aromatic N) is 2. The average Bonchev–Trinajstić information content (AvgIpc) is 3.38. The average molecular weight is 357 g/mol. The summed E-state index contributed by atoms with van der Waals surface area (Å²) < 4.78 is 0. The summed E-state index contributed by atoms with van der Waals surface area (Å²) in [6, 6.07) is 7.56. The second-order valence-electron chi connectivity index (χ2n) is 7.40. The van der Waals surface area contributed by atoms with Crippen LogP contribution in [0.5, 0.6) is 0 Å². The van der Waals surface area contributed by atoms with Crippen LogP contribution in [0.25, 0.3) is 0 Å². The van der Waals surface area contributed by atoms with Crippen molar-refractivity contribution in [3.63, 3.8) is 0 Å². The molecule has 1 saturated carbocycles. The SMILES string of the molecule is Cc1ccc(C(=O)N2CCN(C(=O)CCNC(=O)C3CC3C)CC2)cc1. The summed E-state index contributed by atoms with van der Waals surface area (Å²) in [5.41, 5.74) is 1.81. The van der Waals surface area contributed by atoms with Gasteiger partial charge < -0.3 is 15.1 Å². The van der Waals surface area contributed by atoms with E-state index in [2.05, 4.69) is 12.2 Å². The molecule has 1 N–H and O–H groups in total. The summed E-state index contributed by atoms with van der Waals surface area (Å²) in [4.78, 5) is 40.1. The summed E-state index contributed by atoms with van der Waals surface area (Å²) in [5.74, 6) is 0.740. The van der Waals surface area contributed by atoms with Gasteiger partial charge in [0.15, 0.2) is 0 Å². The minimum Gasteiger partial charge on any atom is -0.355 e. The number of nitrogens with one attached hydrogen (secondary N) is 1. The Bertz CT molecular complexity index is 678. The number of piperazine rings is 1. The molecule has 1 aromatic carbocycles. The number of aryl methyl sites for hydroxylation is 1. The molecular formula is C20H27N3O3. The summed E-state index contributed by atoms with van der Waals surface area (Å²) >= 11 is 0. The Morgan fingerprint density at radius 1 is 1.04 bits per heavy atom. The van der Waals surface area contributed by atoms with Crippen LogP contribution in [0.15, 0.2) is 24.3 Å². The molecule has 2 aliphatic rings. The Hall–Kier alpha value is -2.37. The Morgan fingerprint density at radius 2 is 1.62 bits per heavy atom.